The minimum atomic E-state index is -0.696. The molecule has 146 valence electrons. The molecule has 2 aliphatic heterocycles. The van der Waals surface area contributed by atoms with Crippen LogP contribution in [0.25, 0.3) is 0 Å². The second-order valence-electron chi connectivity index (χ2n) is 10.3. The van der Waals surface area contributed by atoms with E-state index in [1.807, 2.05) is 4.90 Å². The second kappa shape index (κ2) is 4.85. The van der Waals surface area contributed by atoms with Gasteiger partial charge in [-0.05, 0) is 61.9 Å². The van der Waals surface area contributed by atoms with Gasteiger partial charge in [0.2, 0.25) is 5.91 Å². The van der Waals surface area contributed by atoms with Crippen molar-refractivity contribution in [2.24, 2.45) is 34.0 Å². The molecule has 1 N–H and O–H groups in total. The van der Waals surface area contributed by atoms with Gasteiger partial charge in [-0.1, -0.05) is 19.9 Å². The first-order valence-electron chi connectivity index (χ1n) is 10.7. The van der Waals surface area contributed by atoms with E-state index in [4.69, 9.17) is 4.74 Å². The third-order valence-electron chi connectivity index (χ3n) is 9.78. The standard InChI is InChI=1S/C22H29NO4/c1-12-13-4-7-22(17(12)25)15(10-13)21-6-3-5-20(2,14(21)11-16(22)24)18(26)23-8-9-27-19(21)23/h13-16,19,24H,1,3-11H2,2H3/t13-,14?,15?,16+,19?,20+,21-,22+/m0/s1. The molecule has 4 bridgehead atoms. The number of amides is 1. The fourth-order valence-electron chi connectivity index (χ4n) is 8.73. The van der Waals surface area contributed by atoms with E-state index in [2.05, 4.69) is 13.5 Å². The van der Waals surface area contributed by atoms with E-state index < -0.39 is 16.9 Å². The van der Waals surface area contributed by atoms with Crippen LogP contribution in [0, 0.1) is 34.0 Å². The molecule has 5 saturated carbocycles. The maximum absolute atomic E-state index is 13.4. The molecule has 1 amide bonds. The topological polar surface area (TPSA) is 66.8 Å². The van der Waals surface area contributed by atoms with Crippen molar-refractivity contribution in [3.05, 3.63) is 12.2 Å². The Bertz CT molecular complexity index is 778. The smallest absolute Gasteiger partial charge is 0.230 e. The number of Topliss-reactive ketones (excluding diaryl/α,β-unsaturated/α-hetero) is 1. The van der Waals surface area contributed by atoms with Crippen molar-refractivity contribution < 1.29 is 19.4 Å². The molecular weight excluding hydrogens is 342 g/mol. The van der Waals surface area contributed by atoms with E-state index in [1.54, 1.807) is 0 Å². The van der Waals surface area contributed by atoms with Crippen molar-refractivity contribution in [2.75, 3.05) is 13.2 Å². The summed E-state index contributed by atoms with van der Waals surface area (Å²) in [6.45, 7) is 7.49. The van der Waals surface area contributed by atoms with Crippen LogP contribution < -0.4 is 0 Å². The van der Waals surface area contributed by atoms with Crippen molar-refractivity contribution in [1.82, 2.24) is 4.90 Å². The molecule has 7 aliphatic rings. The highest BCUT2D eigenvalue weighted by molar-refractivity contribution is 6.02. The molecular formula is C22H29NO4. The number of aliphatic hydroxyl groups excluding tert-OH is 1. The number of piperidine rings is 1. The zero-order valence-electron chi connectivity index (χ0n) is 16.1. The second-order valence-corrected chi connectivity index (χ2v) is 10.3. The van der Waals surface area contributed by atoms with Crippen LogP contribution >= 0.6 is 0 Å². The fourth-order valence-corrected chi connectivity index (χ4v) is 8.73. The van der Waals surface area contributed by atoms with Crippen molar-refractivity contribution in [1.29, 1.82) is 0 Å². The molecule has 7 fully saturated rings. The van der Waals surface area contributed by atoms with E-state index in [1.165, 1.54) is 0 Å². The van der Waals surface area contributed by atoms with Gasteiger partial charge in [-0.15, -0.1) is 0 Å². The lowest BCUT2D eigenvalue weighted by molar-refractivity contribution is -0.281. The largest absolute Gasteiger partial charge is 0.392 e. The Labute approximate surface area is 160 Å². The minimum absolute atomic E-state index is 0.105. The molecule has 1 spiro atoms. The number of carbonyl (C=O) groups excluding carboxylic acids is 2. The summed E-state index contributed by atoms with van der Waals surface area (Å²) < 4.78 is 6.26. The molecule has 2 heterocycles. The average molecular weight is 371 g/mol. The van der Waals surface area contributed by atoms with Crippen molar-refractivity contribution >= 4 is 11.7 Å². The quantitative estimate of drug-likeness (QED) is 0.664. The van der Waals surface area contributed by atoms with Gasteiger partial charge < -0.3 is 14.7 Å². The van der Waals surface area contributed by atoms with E-state index in [9.17, 15) is 14.7 Å². The molecule has 5 aliphatic carbocycles. The summed E-state index contributed by atoms with van der Waals surface area (Å²) in [6.07, 6.45) is 5.24. The number of ketones is 1. The molecule has 7 rings (SSSR count). The molecule has 8 atom stereocenters. The maximum Gasteiger partial charge on any atom is 0.230 e. The summed E-state index contributed by atoms with van der Waals surface area (Å²) in [4.78, 5) is 28.8. The first-order chi connectivity index (χ1) is 12.9. The summed E-state index contributed by atoms with van der Waals surface area (Å²) in [5, 5.41) is 11.4. The van der Waals surface area contributed by atoms with Crippen LogP contribution in [0.3, 0.4) is 0 Å². The minimum Gasteiger partial charge on any atom is -0.392 e. The van der Waals surface area contributed by atoms with Gasteiger partial charge in [0, 0.05) is 12.0 Å². The van der Waals surface area contributed by atoms with E-state index in [0.29, 0.717) is 19.6 Å². The Kier molecular flexibility index (Phi) is 3.01. The van der Waals surface area contributed by atoms with Gasteiger partial charge in [-0.25, -0.2) is 0 Å². The van der Waals surface area contributed by atoms with E-state index in [0.717, 1.165) is 44.1 Å². The van der Waals surface area contributed by atoms with Crippen molar-refractivity contribution in [3.63, 3.8) is 0 Å². The Hall–Kier alpha value is -1.20. The molecule has 2 saturated heterocycles. The Morgan fingerprint density at radius 2 is 2.00 bits per heavy atom. The zero-order valence-corrected chi connectivity index (χ0v) is 16.1. The third kappa shape index (κ3) is 1.56. The SMILES string of the molecule is C=C1C(=O)[C@]23CC[C@H]1CC2[C@@]12CCC[C@@](C)(C(=O)N4CCOC41)C2C[C@H]3O. The number of aliphatic hydroxyl groups is 1. The Morgan fingerprint density at radius 1 is 1.19 bits per heavy atom. The summed E-state index contributed by atoms with van der Waals surface area (Å²) in [7, 11) is 0. The Balaban J connectivity index is 1.59. The first kappa shape index (κ1) is 16.7. The zero-order chi connectivity index (χ0) is 18.8. The van der Waals surface area contributed by atoms with E-state index >= 15 is 0 Å². The maximum atomic E-state index is 13.4. The van der Waals surface area contributed by atoms with Crippen LogP contribution in [-0.4, -0.2) is 47.2 Å². The van der Waals surface area contributed by atoms with Gasteiger partial charge in [0.15, 0.2) is 5.78 Å². The number of allylic oxidation sites excluding steroid dienone is 1. The number of fused-ring (bicyclic) bond motifs is 3. The van der Waals surface area contributed by atoms with Gasteiger partial charge >= 0.3 is 0 Å². The van der Waals surface area contributed by atoms with Gasteiger partial charge in [0.25, 0.3) is 0 Å². The lowest BCUT2D eigenvalue weighted by atomic mass is 9.34. The molecule has 0 radical (unpaired) electrons. The van der Waals surface area contributed by atoms with E-state index in [-0.39, 0.29) is 41.1 Å². The highest BCUT2D eigenvalue weighted by Crippen LogP contribution is 2.74. The summed E-state index contributed by atoms with van der Waals surface area (Å²) in [5.74, 6) is 0.782. The normalized spacial score (nSPS) is 56.0. The summed E-state index contributed by atoms with van der Waals surface area (Å²) >= 11 is 0. The predicted octanol–water partition coefficient (Wildman–Crippen LogP) is 2.28. The highest BCUT2D eigenvalue weighted by atomic mass is 16.5. The first-order valence-corrected chi connectivity index (χ1v) is 10.7. The molecule has 5 nitrogen and oxygen atoms in total. The number of carbonyl (C=O) groups is 2. The van der Waals surface area contributed by atoms with Crippen LogP contribution in [0.5, 0.6) is 0 Å². The molecule has 27 heavy (non-hydrogen) atoms. The molecule has 5 heteroatoms. The third-order valence-corrected chi connectivity index (χ3v) is 9.78. The van der Waals surface area contributed by atoms with Crippen LogP contribution in [0.1, 0.15) is 51.9 Å². The van der Waals surface area contributed by atoms with Gasteiger partial charge in [0.05, 0.1) is 23.5 Å². The average Bonchev–Trinajstić information content (AvgIpc) is 3.15. The number of nitrogens with zero attached hydrogens (tertiary/aromatic N) is 1. The summed E-state index contributed by atoms with van der Waals surface area (Å²) in [6, 6.07) is 0. The monoisotopic (exact) mass is 371 g/mol. The lowest BCUT2D eigenvalue weighted by Gasteiger charge is -2.72. The van der Waals surface area contributed by atoms with Crippen LogP contribution in [-0.2, 0) is 14.3 Å². The highest BCUT2D eigenvalue weighted by Gasteiger charge is 2.77. The number of rotatable bonds is 0. The lowest BCUT2D eigenvalue weighted by Crippen LogP contribution is -2.77. The predicted molar refractivity (Wildman–Crippen MR) is 97.4 cm³/mol. The number of ether oxygens (including phenoxy) is 1. The van der Waals surface area contributed by atoms with Gasteiger partial charge in [-0.2, -0.15) is 0 Å². The molecule has 0 aromatic carbocycles. The molecule has 0 aromatic rings. The van der Waals surface area contributed by atoms with Crippen LogP contribution in [0.2, 0.25) is 0 Å². The van der Waals surface area contributed by atoms with Crippen LogP contribution in [0.15, 0.2) is 12.2 Å². The molecule has 0 aromatic heterocycles. The number of hydrogen-bond donors (Lipinski definition) is 1. The molecule has 3 unspecified atom stereocenters. The number of hydrogen-bond acceptors (Lipinski definition) is 4. The fraction of sp³-hybridized carbons (Fsp3) is 0.818. The van der Waals surface area contributed by atoms with Crippen LogP contribution in [0.4, 0.5) is 0 Å². The summed E-state index contributed by atoms with van der Waals surface area (Å²) in [5.41, 5.74) is -0.576. The van der Waals surface area contributed by atoms with Crippen molar-refractivity contribution in [2.45, 2.75) is 64.2 Å². The van der Waals surface area contributed by atoms with Crippen molar-refractivity contribution in [3.8, 4) is 0 Å². The van der Waals surface area contributed by atoms with Gasteiger partial charge in [0.1, 0.15) is 6.23 Å². The van der Waals surface area contributed by atoms with Gasteiger partial charge in [-0.3, -0.25) is 9.59 Å². The Morgan fingerprint density at radius 3 is 2.81 bits per heavy atom.